The van der Waals surface area contributed by atoms with E-state index in [0.29, 0.717) is 0 Å². The van der Waals surface area contributed by atoms with E-state index >= 15 is 0 Å². The maximum absolute atomic E-state index is 5.03. The van der Waals surface area contributed by atoms with E-state index < -0.39 is 0 Å². The Kier molecular flexibility index (Phi) is 5.74. The van der Waals surface area contributed by atoms with E-state index in [2.05, 4.69) is 106 Å². The maximum Gasteiger partial charge on any atom is 0.138 e. The van der Waals surface area contributed by atoms with E-state index in [0.717, 1.165) is 38.4 Å². The summed E-state index contributed by atoms with van der Waals surface area (Å²) >= 11 is 5.33. The molecule has 1 heterocycles. The second kappa shape index (κ2) is 8.96. The van der Waals surface area contributed by atoms with Gasteiger partial charge in [-0.05, 0) is 36.4 Å². The van der Waals surface area contributed by atoms with Gasteiger partial charge in [-0.2, -0.15) is 0 Å². The molecular formula is C27H19BrN2S. The average Bonchev–Trinajstić information content (AvgIpc) is 3.26. The van der Waals surface area contributed by atoms with Crippen molar-refractivity contribution in [2.75, 3.05) is 0 Å². The molecule has 5 aromatic rings. The Labute approximate surface area is 194 Å². The van der Waals surface area contributed by atoms with Crippen molar-refractivity contribution in [1.82, 2.24) is 9.97 Å². The summed E-state index contributed by atoms with van der Waals surface area (Å²) in [6.07, 6.45) is 0. The van der Waals surface area contributed by atoms with Crippen molar-refractivity contribution in [2.24, 2.45) is 0 Å². The predicted octanol–water partition coefficient (Wildman–Crippen LogP) is 8.32. The zero-order valence-electron chi connectivity index (χ0n) is 16.6. The Morgan fingerprint density at radius 1 is 0.613 bits per heavy atom. The van der Waals surface area contributed by atoms with Crippen molar-refractivity contribution in [2.45, 2.75) is 9.79 Å². The highest BCUT2D eigenvalue weighted by atomic mass is 79.9. The largest absolute Gasteiger partial charge is 0.337 e. The lowest BCUT2D eigenvalue weighted by Gasteiger charge is -2.06. The van der Waals surface area contributed by atoms with Crippen molar-refractivity contribution in [3.05, 3.63) is 114 Å². The van der Waals surface area contributed by atoms with Gasteiger partial charge in [-0.15, -0.1) is 0 Å². The Morgan fingerprint density at radius 2 is 1.26 bits per heavy atom. The first-order valence-electron chi connectivity index (χ1n) is 10.0. The smallest absolute Gasteiger partial charge is 0.138 e. The number of aromatic amines is 1. The molecule has 0 amide bonds. The maximum atomic E-state index is 5.03. The highest BCUT2D eigenvalue weighted by Crippen LogP contribution is 2.36. The summed E-state index contributed by atoms with van der Waals surface area (Å²) in [5.41, 5.74) is 5.24. The summed E-state index contributed by atoms with van der Waals surface area (Å²) in [5.74, 6) is 0.858. The molecule has 5 rings (SSSR count). The molecule has 0 saturated heterocycles. The van der Waals surface area contributed by atoms with Gasteiger partial charge in [-0.1, -0.05) is 100 Å². The molecule has 0 atom stereocenters. The lowest BCUT2D eigenvalue weighted by atomic mass is 10.1. The minimum absolute atomic E-state index is 0.858. The third-order valence-electron chi connectivity index (χ3n) is 4.95. The van der Waals surface area contributed by atoms with E-state index in [1.165, 1.54) is 9.79 Å². The van der Waals surface area contributed by atoms with Crippen LogP contribution in [0.3, 0.4) is 0 Å². The Balaban J connectivity index is 1.60. The first-order chi connectivity index (χ1) is 15.3. The minimum atomic E-state index is 0.858. The number of nitrogens with zero attached hydrogens (tertiary/aromatic N) is 1. The van der Waals surface area contributed by atoms with Crippen molar-refractivity contribution in [3.8, 4) is 33.9 Å². The van der Waals surface area contributed by atoms with E-state index in [9.17, 15) is 0 Å². The number of hydrogen-bond donors (Lipinski definition) is 1. The minimum Gasteiger partial charge on any atom is -0.337 e. The van der Waals surface area contributed by atoms with Gasteiger partial charge < -0.3 is 4.98 Å². The molecule has 0 radical (unpaired) electrons. The summed E-state index contributed by atoms with van der Waals surface area (Å²) in [5, 5.41) is 0. The third kappa shape index (κ3) is 4.50. The summed E-state index contributed by atoms with van der Waals surface area (Å²) in [7, 11) is 0. The van der Waals surface area contributed by atoms with Crippen LogP contribution < -0.4 is 0 Å². The standard InChI is InChI=1S/C27H19BrN2S/c28-22-13-7-12-21(17-22)27-29-25(19-9-3-1-4-10-19)26(30-27)20-11-8-16-24(18-20)31-23-14-5-2-6-15-23/h1-18H,(H,29,30). The lowest BCUT2D eigenvalue weighted by molar-refractivity contribution is 1.30. The van der Waals surface area contributed by atoms with Crippen LogP contribution in [0.5, 0.6) is 0 Å². The van der Waals surface area contributed by atoms with Crippen LogP contribution >= 0.6 is 27.7 Å². The fraction of sp³-hybridized carbons (Fsp3) is 0. The third-order valence-corrected chi connectivity index (χ3v) is 6.44. The average molecular weight is 483 g/mol. The Bertz CT molecular complexity index is 1310. The van der Waals surface area contributed by atoms with Crippen LogP contribution in [-0.4, -0.2) is 9.97 Å². The molecule has 0 saturated carbocycles. The van der Waals surface area contributed by atoms with E-state index in [1.54, 1.807) is 11.8 Å². The van der Waals surface area contributed by atoms with Gasteiger partial charge in [0.25, 0.3) is 0 Å². The number of imidazole rings is 1. The number of hydrogen-bond acceptors (Lipinski definition) is 2. The highest BCUT2D eigenvalue weighted by Gasteiger charge is 2.16. The number of halogens is 1. The van der Waals surface area contributed by atoms with Crippen LogP contribution in [0.25, 0.3) is 33.9 Å². The van der Waals surface area contributed by atoms with Crippen molar-refractivity contribution in [3.63, 3.8) is 0 Å². The van der Waals surface area contributed by atoms with Crippen LogP contribution in [-0.2, 0) is 0 Å². The number of nitrogens with one attached hydrogen (secondary N) is 1. The Hall–Kier alpha value is -3.08. The first kappa shape index (κ1) is 19.9. The van der Waals surface area contributed by atoms with Gasteiger partial charge >= 0.3 is 0 Å². The van der Waals surface area contributed by atoms with Crippen LogP contribution in [0.1, 0.15) is 0 Å². The highest BCUT2D eigenvalue weighted by molar-refractivity contribution is 9.10. The number of aromatic nitrogens is 2. The normalized spacial score (nSPS) is 10.9. The fourth-order valence-electron chi connectivity index (χ4n) is 3.50. The van der Waals surface area contributed by atoms with Gasteiger partial charge in [0, 0.05) is 31.0 Å². The van der Waals surface area contributed by atoms with Gasteiger partial charge in [-0.3, -0.25) is 0 Å². The molecule has 0 bridgehead atoms. The number of rotatable bonds is 5. The summed E-state index contributed by atoms with van der Waals surface area (Å²) in [6, 6.07) is 37.6. The van der Waals surface area contributed by atoms with Gasteiger partial charge in [0.1, 0.15) is 5.82 Å². The van der Waals surface area contributed by atoms with E-state index in [1.807, 2.05) is 24.3 Å². The lowest BCUT2D eigenvalue weighted by Crippen LogP contribution is -1.84. The molecule has 150 valence electrons. The zero-order valence-corrected chi connectivity index (χ0v) is 19.0. The zero-order chi connectivity index (χ0) is 21.0. The molecule has 0 aliphatic carbocycles. The molecule has 1 aromatic heterocycles. The first-order valence-corrected chi connectivity index (χ1v) is 11.6. The molecule has 0 aliphatic rings. The van der Waals surface area contributed by atoms with Crippen LogP contribution in [0.15, 0.2) is 123 Å². The fourth-order valence-corrected chi connectivity index (χ4v) is 4.80. The molecule has 4 aromatic carbocycles. The van der Waals surface area contributed by atoms with E-state index in [-0.39, 0.29) is 0 Å². The number of H-pyrrole nitrogens is 1. The predicted molar refractivity (Wildman–Crippen MR) is 133 cm³/mol. The van der Waals surface area contributed by atoms with E-state index in [4.69, 9.17) is 4.98 Å². The quantitative estimate of drug-likeness (QED) is 0.272. The topological polar surface area (TPSA) is 28.7 Å². The molecule has 0 unspecified atom stereocenters. The van der Waals surface area contributed by atoms with Crippen LogP contribution in [0.2, 0.25) is 0 Å². The van der Waals surface area contributed by atoms with Crippen molar-refractivity contribution >= 4 is 27.7 Å². The molecular weight excluding hydrogens is 464 g/mol. The van der Waals surface area contributed by atoms with Crippen LogP contribution in [0.4, 0.5) is 0 Å². The molecule has 0 fully saturated rings. The van der Waals surface area contributed by atoms with Gasteiger partial charge in [-0.25, -0.2) is 4.98 Å². The second-order valence-corrected chi connectivity index (χ2v) is 9.19. The Morgan fingerprint density at radius 3 is 2.03 bits per heavy atom. The van der Waals surface area contributed by atoms with Crippen molar-refractivity contribution < 1.29 is 0 Å². The summed E-state index contributed by atoms with van der Waals surface area (Å²) in [4.78, 5) is 11.0. The molecule has 1 N–H and O–H groups in total. The molecule has 0 aliphatic heterocycles. The molecule has 31 heavy (non-hydrogen) atoms. The SMILES string of the molecule is Brc1cccc(-c2nc(-c3cccc(Sc4ccccc4)c3)c(-c3ccccc3)[nH]2)c1. The van der Waals surface area contributed by atoms with Gasteiger partial charge in [0.05, 0.1) is 11.4 Å². The number of benzene rings is 4. The second-order valence-electron chi connectivity index (χ2n) is 7.13. The van der Waals surface area contributed by atoms with Gasteiger partial charge in [0.15, 0.2) is 0 Å². The molecule has 4 heteroatoms. The van der Waals surface area contributed by atoms with Crippen LogP contribution in [0, 0.1) is 0 Å². The van der Waals surface area contributed by atoms with Gasteiger partial charge in [0.2, 0.25) is 0 Å². The summed E-state index contributed by atoms with van der Waals surface area (Å²) < 4.78 is 1.03. The monoisotopic (exact) mass is 482 g/mol. The molecule has 0 spiro atoms. The molecule has 2 nitrogen and oxygen atoms in total. The summed E-state index contributed by atoms with van der Waals surface area (Å²) in [6.45, 7) is 0. The van der Waals surface area contributed by atoms with Crippen molar-refractivity contribution in [1.29, 1.82) is 0 Å².